The highest BCUT2D eigenvalue weighted by Crippen LogP contribution is 2.23. The number of likely N-dealkylation sites (tertiary alicyclic amines) is 2. The van der Waals surface area contributed by atoms with E-state index in [-0.39, 0.29) is 49.0 Å². The van der Waals surface area contributed by atoms with Gasteiger partial charge in [0, 0.05) is 57.6 Å². The predicted octanol–water partition coefficient (Wildman–Crippen LogP) is 2.50. The van der Waals surface area contributed by atoms with Crippen molar-refractivity contribution in [2.75, 3.05) is 45.6 Å². The number of hydrogen-bond donors (Lipinski definition) is 2. The molecule has 1 atom stereocenters. The molecule has 11 nitrogen and oxygen atoms in total. The molecule has 2 saturated heterocycles. The van der Waals surface area contributed by atoms with Gasteiger partial charge in [-0.1, -0.05) is 0 Å². The lowest BCUT2D eigenvalue weighted by molar-refractivity contribution is -0.140. The van der Waals surface area contributed by atoms with Crippen LogP contribution in [0.4, 0.5) is 5.69 Å². The summed E-state index contributed by atoms with van der Waals surface area (Å²) in [5, 5.41) is 6.79. The lowest BCUT2D eigenvalue weighted by Crippen LogP contribution is -2.45. The zero-order chi connectivity index (χ0) is 27.9. The number of nitrogens with zero attached hydrogens (tertiary/aromatic N) is 4. The number of aryl methyl sites for hydroxylation is 1. The Kier molecular flexibility index (Phi) is 9.21. The molecule has 3 heterocycles. The normalized spacial score (nSPS) is 18.3. The summed E-state index contributed by atoms with van der Waals surface area (Å²) in [7, 11) is 3.28. The number of benzene rings is 1. The van der Waals surface area contributed by atoms with E-state index in [0.717, 1.165) is 55.5 Å². The third-order valence-corrected chi connectivity index (χ3v) is 7.05. The summed E-state index contributed by atoms with van der Waals surface area (Å²) in [6.45, 7) is 3.89. The van der Waals surface area contributed by atoms with E-state index >= 15 is 0 Å². The highest BCUT2D eigenvalue weighted by Gasteiger charge is 2.30. The Morgan fingerprint density at radius 1 is 1.05 bits per heavy atom. The standard InChI is InChI=1S/C28H38N6O5/c1-19-16-20-17-21(9-10-23(20)39-19)29-28(31-24(35)11-12-25(36)32(2)3)30-22-8-4-5-15-34(27(22)38)18-26(37)33-13-6-7-14-33/h9-10,16-17,22H,4-8,11-15,18H2,1-3H3,(H2,29,30,31,35)/t22-/m0/s1. The van der Waals surface area contributed by atoms with Crippen LogP contribution in [0.1, 0.15) is 50.7 Å². The van der Waals surface area contributed by atoms with Gasteiger partial charge in [0.15, 0.2) is 0 Å². The first kappa shape index (κ1) is 28.1. The molecule has 0 bridgehead atoms. The number of fused-ring (bicyclic) bond motifs is 1. The second-order valence-electron chi connectivity index (χ2n) is 10.4. The van der Waals surface area contributed by atoms with Crippen molar-refractivity contribution in [2.45, 2.75) is 57.9 Å². The molecule has 39 heavy (non-hydrogen) atoms. The van der Waals surface area contributed by atoms with E-state index in [4.69, 9.17) is 4.42 Å². The van der Waals surface area contributed by atoms with Gasteiger partial charge in [0.1, 0.15) is 17.4 Å². The maximum atomic E-state index is 13.5. The molecule has 11 heteroatoms. The summed E-state index contributed by atoms with van der Waals surface area (Å²) in [5.74, 6) is 0.0996. The SMILES string of the molecule is Cc1cc2cc(NC(=N[C@H]3CCCCN(CC(=O)N4CCCC4)C3=O)NC(=O)CCC(=O)N(C)C)ccc2o1. The molecule has 0 unspecified atom stereocenters. The van der Waals surface area contributed by atoms with E-state index < -0.39 is 6.04 Å². The van der Waals surface area contributed by atoms with Crippen LogP contribution in [0.15, 0.2) is 33.7 Å². The highest BCUT2D eigenvalue weighted by atomic mass is 16.3. The van der Waals surface area contributed by atoms with Gasteiger partial charge in [0.2, 0.25) is 29.6 Å². The van der Waals surface area contributed by atoms with Crippen molar-refractivity contribution in [2.24, 2.45) is 4.99 Å². The zero-order valence-electron chi connectivity index (χ0n) is 23.0. The third kappa shape index (κ3) is 7.58. The van der Waals surface area contributed by atoms with E-state index in [2.05, 4.69) is 15.6 Å². The molecule has 4 amide bonds. The van der Waals surface area contributed by atoms with Crippen molar-refractivity contribution in [3.05, 3.63) is 30.0 Å². The van der Waals surface area contributed by atoms with Gasteiger partial charge in [-0.25, -0.2) is 4.99 Å². The predicted molar refractivity (Wildman–Crippen MR) is 148 cm³/mol. The lowest BCUT2D eigenvalue weighted by Gasteiger charge is -2.25. The van der Waals surface area contributed by atoms with E-state index in [1.165, 1.54) is 4.90 Å². The minimum atomic E-state index is -0.745. The fourth-order valence-electron chi connectivity index (χ4n) is 4.87. The fraction of sp³-hybridized carbons (Fsp3) is 0.536. The Labute approximate surface area is 228 Å². The van der Waals surface area contributed by atoms with Crippen molar-refractivity contribution in [1.29, 1.82) is 0 Å². The first-order valence-electron chi connectivity index (χ1n) is 13.6. The molecule has 1 aromatic heterocycles. The number of furan rings is 1. The molecule has 0 aliphatic carbocycles. The number of rotatable bonds is 7. The van der Waals surface area contributed by atoms with Gasteiger partial charge in [-0.2, -0.15) is 0 Å². The Balaban J connectivity index is 1.53. The second kappa shape index (κ2) is 12.8. The lowest BCUT2D eigenvalue weighted by atomic mass is 10.1. The van der Waals surface area contributed by atoms with Crippen LogP contribution in [-0.4, -0.2) is 90.6 Å². The minimum Gasteiger partial charge on any atom is -0.461 e. The molecular weight excluding hydrogens is 500 g/mol. The molecule has 210 valence electrons. The van der Waals surface area contributed by atoms with Gasteiger partial charge in [-0.3, -0.25) is 24.5 Å². The Hall–Kier alpha value is -3.89. The minimum absolute atomic E-state index is 0.0211. The van der Waals surface area contributed by atoms with Gasteiger partial charge < -0.3 is 24.4 Å². The van der Waals surface area contributed by atoms with Crippen LogP contribution >= 0.6 is 0 Å². The summed E-state index contributed by atoms with van der Waals surface area (Å²) in [6, 6.07) is 6.66. The number of amides is 4. The summed E-state index contributed by atoms with van der Waals surface area (Å²) >= 11 is 0. The molecular formula is C28H38N6O5. The van der Waals surface area contributed by atoms with Gasteiger partial charge in [-0.15, -0.1) is 0 Å². The van der Waals surface area contributed by atoms with Crippen molar-refractivity contribution in [3.63, 3.8) is 0 Å². The highest BCUT2D eigenvalue weighted by molar-refractivity contribution is 6.06. The largest absolute Gasteiger partial charge is 0.461 e. The molecule has 1 aromatic carbocycles. The fourth-order valence-corrected chi connectivity index (χ4v) is 4.87. The maximum Gasteiger partial charge on any atom is 0.247 e. The number of guanidine groups is 1. The van der Waals surface area contributed by atoms with Crippen LogP contribution in [0.25, 0.3) is 11.0 Å². The van der Waals surface area contributed by atoms with Gasteiger partial charge in [-0.05, 0) is 63.3 Å². The number of anilines is 1. The maximum absolute atomic E-state index is 13.5. The van der Waals surface area contributed by atoms with E-state index in [9.17, 15) is 19.2 Å². The first-order valence-corrected chi connectivity index (χ1v) is 13.6. The Morgan fingerprint density at radius 2 is 1.79 bits per heavy atom. The average molecular weight is 539 g/mol. The van der Waals surface area contributed by atoms with E-state index in [1.807, 2.05) is 30.0 Å². The topological polar surface area (TPSA) is 128 Å². The van der Waals surface area contributed by atoms with Gasteiger partial charge >= 0.3 is 0 Å². The smallest absolute Gasteiger partial charge is 0.247 e. The summed E-state index contributed by atoms with van der Waals surface area (Å²) < 4.78 is 5.65. The number of nitrogens with one attached hydrogen (secondary N) is 2. The molecule has 2 aromatic rings. The zero-order valence-corrected chi connectivity index (χ0v) is 23.0. The van der Waals surface area contributed by atoms with Gasteiger partial charge in [0.25, 0.3) is 0 Å². The molecule has 4 rings (SSSR count). The number of hydrogen-bond acceptors (Lipinski definition) is 6. The number of carbonyl (C=O) groups is 4. The quantitative estimate of drug-likeness (QED) is 0.412. The van der Waals surface area contributed by atoms with Gasteiger partial charge in [0.05, 0.1) is 6.54 Å². The van der Waals surface area contributed by atoms with E-state index in [1.54, 1.807) is 25.1 Å². The van der Waals surface area contributed by atoms with E-state index in [0.29, 0.717) is 18.7 Å². The molecule has 2 aliphatic heterocycles. The molecule has 0 spiro atoms. The average Bonchev–Trinajstić information content (AvgIpc) is 3.53. The Bertz CT molecular complexity index is 1250. The number of carbonyl (C=O) groups excluding carboxylic acids is 4. The van der Waals surface area contributed by atoms with Crippen LogP contribution in [-0.2, 0) is 19.2 Å². The Morgan fingerprint density at radius 3 is 2.54 bits per heavy atom. The van der Waals surface area contributed by atoms with Crippen molar-refractivity contribution >= 4 is 46.2 Å². The van der Waals surface area contributed by atoms with Crippen LogP contribution in [0.2, 0.25) is 0 Å². The molecule has 2 aliphatic rings. The summed E-state index contributed by atoms with van der Waals surface area (Å²) in [6.07, 6.45) is 4.08. The number of aliphatic imine (C=N–C) groups is 1. The molecule has 0 radical (unpaired) electrons. The van der Waals surface area contributed by atoms with Crippen LogP contribution in [0.3, 0.4) is 0 Å². The molecule has 2 N–H and O–H groups in total. The molecule has 2 fully saturated rings. The molecule has 0 saturated carbocycles. The monoisotopic (exact) mass is 538 g/mol. The van der Waals surface area contributed by atoms with Crippen molar-refractivity contribution in [1.82, 2.24) is 20.0 Å². The van der Waals surface area contributed by atoms with Crippen LogP contribution in [0, 0.1) is 6.92 Å². The first-order chi connectivity index (χ1) is 18.7. The third-order valence-electron chi connectivity index (χ3n) is 7.05. The van der Waals surface area contributed by atoms with Crippen LogP contribution in [0.5, 0.6) is 0 Å². The van der Waals surface area contributed by atoms with Crippen LogP contribution < -0.4 is 10.6 Å². The second-order valence-corrected chi connectivity index (χ2v) is 10.4. The summed E-state index contributed by atoms with van der Waals surface area (Å²) in [4.78, 5) is 60.5. The van der Waals surface area contributed by atoms with Crippen molar-refractivity contribution < 1.29 is 23.6 Å². The summed E-state index contributed by atoms with van der Waals surface area (Å²) in [5.41, 5.74) is 1.40. The van der Waals surface area contributed by atoms with Crippen molar-refractivity contribution in [3.8, 4) is 0 Å².